The maximum Gasteiger partial charge on any atom is 0.256 e. The number of carbonyl (C=O) groups excluding carboxylic acids is 1. The van der Waals surface area contributed by atoms with Gasteiger partial charge >= 0.3 is 0 Å². The van der Waals surface area contributed by atoms with Crippen LogP contribution in [0, 0.1) is 11.3 Å². The molecule has 0 bridgehead atoms. The van der Waals surface area contributed by atoms with Gasteiger partial charge in [0.1, 0.15) is 16.6 Å². The second-order valence-electron chi connectivity index (χ2n) is 5.77. The zero-order valence-corrected chi connectivity index (χ0v) is 15.0. The summed E-state index contributed by atoms with van der Waals surface area (Å²) in [5, 5.41) is 13.5. The van der Waals surface area contributed by atoms with E-state index in [9.17, 15) is 10.1 Å². The molecule has 7 heteroatoms. The molecule has 5 nitrogen and oxygen atoms in total. The first-order valence-corrected chi connectivity index (χ1v) is 9.87. The molecule has 4 rings (SSSR count). The Balaban J connectivity index is 1.34. The van der Waals surface area contributed by atoms with E-state index < -0.39 is 0 Å². The van der Waals surface area contributed by atoms with Crippen LogP contribution in [0.5, 0.6) is 0 Å². The molecule has 0 aliphatic heterocycles. The number of fused-ring (bicyclic) bond motifs is 2. The topological polar surface area (TPSA) is 78.9 Å². The monoisotopic (exact) mass is 369 g/mol. The van der Waals surface area contributed by atoms with Crippen LogP contribution < -0.4 is 5.32 Å². The highest BCUT2D eigenvalue weighted by Gasteiger charge is 2.23. The van der Waals surface area contributed by atoms with Crippen molar-refractivity contribution in [3.63, 3.8) is 0 Å². The molecule has 0 saturated carbocycles. The smallest absolute Gasteiger partial charge is 0.256 e. The number of hydrogen-bond acceptors (Lipinski definition) is 6. The van der Waals surface area contributed by atoms with Crippen molar-refractivity contribution in [2.24, 2.45) is 0 Å². The predicted octanol–water partition coefficient (Wildman–Crippen LogP) is 4.37. The van der Waals surface area contributed by atoms with Gasteiger partial charge in [-0.05, 0) is 37.0 Å². The lowest BCUT2D eigenvalue weighted by Crippen LogP contribution is -2.12. The molecule has 0 spiro atoms. The van der Waals surface area contributed by atoms with Gasteiger partial charge in [0.05, 0.1) is 5.56 Å². The zero-order valence-electron chi connectivity index (χ0n) is 13.4. The number of benzene rings is 1. The SMILES string of the molecule is N#Cc1c(NC(=O)CCSc2nc3ccccc3o2)sc2c1CCC2. The molecule has 2 heterocycles. The maximum absolute atomic E-state index is 12.2. The number of para-hydroxylation sites is 2. The summed E-state index contributed by atoms with van der Waals surface area (Å²) in [6.45, 7) is 0. The molecule has 1 amide bonds. The van der Waals surface area contributed by atoms with Gasteiger partial charge in [0.2, 0.25) is 5.91 Å². The summed E-state index contributed by atoms with van der Waals surface area (Å²) >= 11 is 2.96. The van der Waals surface area contributed by atoms with Crippen LogP contribution >= 0.6 is 23.1 Å². The van der Waals surface area contributed by atoms with Gasteiger partial charge in [0, 0.05) is 17.1 Å². The second-order valence-corrected chi connectivity index (χ2v) is 7.92. The van der Waals surface area contributed by atoms with E-state index in [0.29, 0.717) is 28.0 Å². The predicted molar refractivity (Wildman–Crippen MR) is 99.0 cm³/mol. The number of amides is 1. The van der Waals surface area contributed by atoms with Gasteiger partial charge in [0.25, 0.3) is 5.22 Å². The number of nitrogens with zero attached hydrogens (tertiary/aromatic N) is 2. The minimum Gasteiger partial charge on any atom is -0.431 e. The van der Waals surface area contributed by atoms with Crippen LogP contribution in [0.1, 0.15) is 28.8 Å². The number of aryl methyl sites for hydroxylation is 1. The molecular weight excluding hydrogens is 354 g/mol. The summed E-state index contributed by atoms with van der Waals surface area (Å²) in [6, 6.07) is 9.83. The summed E-state index contributed by atoms with van der Waals surface area (Å²) in [5.74, 6) is 0.492. The molecule has 1 aliphatic rings. The first kappa shape index (κ1) is 16.2. The number of rotatable bonds is 5. The largest absolute Gasteiger partial charge is 0.431 e. The molecule has 0 fully saturated rings. The van der Waals surface area contributed by atoms with E-state index in [0.717, 1.165) is 35.9 Å². The van der Waals surface area contributed by atoms with Gasteiger partial charge in [-0.3, -0.25) is 4.79 Å². The van der Waals surface area contributed by atoms with E-state index in [4.69, 9.17) is 4.42 Å². The molecule has 1 aliphatic carbocycles. The molecule has 2 aromatic heterocycles. The third-order valence-corrected chi connectivity index (χ3v) is 6.15. The van der Waals surface area contributed by atoms with Crippen LogP contribution in [-0.4, -0.2) is 16.6 Å². The van der Waals surface area contributed by atoms with Gasteiger partial charge in [0.15, 0.2) is 5.58 Å². The Morgan fingerprint density at radius 1 is 1.40 bits per heavy atom. The minimum atomic E-state index is -0.0833. The van der Waals surface area contributed by atoms with Crippen LogP contribution in [0.4, 0.5) is 5.00 Å². The first-order chi connectivity index (χ1) is 12.2. The standard InChI is InChI=1S/C18H15N3O2S2/c19-10-12-11-4-3-7-15(11)25-17(12)21-16(22)8-9-24-18-20-13-5-1-2-6-14(13)23-18/h1-2,5-6H,3-4,7-9H2,(H,21,22). The van der Waals surface area contributed by atoms with Crippen LogP contribution in [-0.2, 0) is 17.6 Å². The van der Waals surface area contributed by atoms with E-state index in [1.54, 1.807) is 11.3 Å². The van der Waals surface area contributed by atoms with Crippen molar-refractivity contribution in [1.29, 1.82) is 5.26 Å². The van der Waals surface area contributed by atoms with Crippen LogP contribution in [0.15, 0.2) is 33.9 Å². The highest BCUT2D eigenvalue weighted by Crippen LogP contribution is 2.38. The minimum absolute atomic E-state index is 0.0833. The van der Waals surface area contributed by atoms with Crippen LogP contribution in [0.3, 0.4) is 0 Å². The Bertz CT molecular complexity index is 951. The maximum atomic E-state index is 12.2. The molecule has 1 N–H and O–H groups in total. The van der Waals surface area contributed by atoms with Gasteiger partial charge in [-0.15, -0.1) is 11.3 Å². The zero-order chi connectivity index (χ0) is 17.2. The number of hydrogen-bond donors (Lipinski definition) is 1. The number of anilines is 1. The lowest BCUT2D eigenvalue weighted by molar-refractivity contribution is -0.115. The van der Waals surface area contributed by atoms with E-state index in [1.165, 1.54) is 16.6 Å². The number of nitrogens with one attached hydrogen (secondary N) is 1. The summed E-state index contributed by atoms with van der Waals surface area (Å²) in [4.78, 5) is 17.8. The molecule has 3 aromatic rings. The fraction of sp³-hybridized carbons (Fsp3) is 0.278. The average Bonchev–Trinajstić information content (AvgIpc) is 3.28. The number of oxazole rings is 1. The Morgan fingerprint density at radius 3 is 3.12 bits per heavy atom. The number of thiophene rings is 1. The Hall–Kier alpha value is -2.30. The van der Waals surface area contributed by atoms with E-state index in [-0.39, 0.29) is 5.91 Å². The highest BCUT2D eigenvalue weighted by atomic mass is 32.2. The molecule has 0 atom stereocenters. The van der Waals surface area contributed by atoms with Crippen LogP contribution in [0.2, 0.25) is 0 Å². The third-order valence-electron chi connectivity index (χ3n) is 4.11. The lowest BCUT2D eigenvalue weighted by Gasteiger charge is -2.03. The van der Waals surface area contributed by atoms with Gasteiger partial charge in [-0.2, -0.15) is 5.26 Å². The number of nitriles is 1. The lowest BCUT2D eigenvalue weighted by atomic mass is 10.1. The molecular formula is C18H15N3O2S2. The highest BCUT2D eigenvalue weighted by molar-refractivity contribution is 7.99. The third kappa shape index (κ3) is 3.28. The van der Waals surface area contributed by atoms with Crippen molar-refractivity contribution in [1.82, 2.24) is 4.98 Å². The van der Waals surface area contributed by atoms with Crippen molar-refractivity contribution in [3.8, 4) is 6.07 Å². The van der Waals surface area contributed by atoms with E-state index in [2.05, 4.69) is 16.4 Å². The fourth-order valence-corrected chi connectivity index (χ4v) is 4.97. The summed E-state index contributed by atoms with van der Waals surface area (Å²) < 4.78 is 5.62. The quantitative estimate of drug-likeness (QED) is 0.676. The van der Waals surface area contributed by atoms with E-state index >= 15 is 0 Å². The van der Waals surface area contributed by atoms with Crippen molar-refractivity contribution in [3.05, 3.63) is 40.3 Å². The molecule has 0 unspecified atom stereocenters. The number of thioether (sulfide) groups is 1. The van der Waals surface area contributed by atoms with Gasteiger partial charge in [-0.25, -0.2) is 4.98 Å². The van der Waals surface area contributed by atoms with E-state index in [1.807, 2.05) is 24.3 Å². The van der Waals surface area contributed by atoms with Crippen LogP contribution in [0.25, 0.3) is 11.1 Å². The molecule has 0 radical (unpaired) electrons. The second kappa shape index (κ2) is 6.90. The van der Waals surface area contributed by atoms with Crippen molar-refractivity contribution in [2.45, 2.75) is 30.9 Å². The van der Waals surface area contributed by atoms with Crippen molar-refractivity contribution < 1.29 is 9.21 Å². The molecule has 1 aromatic carbocycles. The summed E-state index contributed by atoms with van der Waals surface area (Å²) in [5.41, 5.74) is 3.35. The Morgan fingerprint density at radius 2 is 2.28 bits per heavy atom. The summed E-state index contributed by atoms with van der Waals surface area (Å²) in [7, 11) is 0. The normalized spacial score (nSPS) is 12.9. The number of carbonyl (C=O) groups is 1. The first-order valence-electron chi connectivity index (χ1n) is 8.07. The van der Waals surface area contributed by atoms with Crippen molar-refractivity contribution >= 4 is 45.1 Å². The van der Waals surface area contributed by atoms with Gasteiger partial charge in [-0.1, -0.05) is 23.9 Å². The average molecular weight is 369 g/mol. The molecule has 25 heavy (non-hydrogen) atoms. The molecule has 0 saturated heterocycles. The van der Waals surface area contributed by atoms with Gasteiger partial charge < -0.3 is 9.73 Å². The molecule has 126 valence electrons. The Kier molecular flexibility index (Phi) is 4.47. The van der Waals surface area contributed by atoms with Crippen molar-refractivity contribution in [2.75, 3.05) is 11.1 Å². The summed E-state index contributed by atoms with van der Waals surface area (Å²) in [6.07, 6.45) is 3.40. The fourth-order valence-electron chi connectivity index (χ4n) is 2.94. The Labute approximate surface area is 153 Å². The number of aromatic nitrogens is 1.